The summed E-state index contributed by atoms with van der Waals surface area (Å²) in [6, 6.07) is 6.58. The number of ether oxygens (including phenoxy) is 1. The van der Waals surface area contributed by atoms with Gasteiger partial charge in [-0.25, -0.2) is 4.39 Å². The number of hydrogen-bond donors (Lipinski definition) is 2. The van der Waals surface area contributed by atoms with Gasteiger partial charge in [0.1, 0.15) is 5.82 Å². The normalized spacial score (nSPS) is 14.9. The van der Waals surface area contributed by atoms with Crippen molar-refractivity contribution in [3.8, 4) is 0 Å². The van der Waals surface area contributed by atoms with Crippen LogP contribution in [0, 0.1) is 5.82 Å². The largest absolute Gasteiger partial charge is 0.416 e. The van der Waals surface area contributed by atoms with Gasteiger partial charge in [0, 0.05) is 35.0 Å². The van der Waals surface area contributed by atoms with Crippen LogP contribution >= 0.6 is 15.9 Å². The highest BCUT2D eigenvalue weighted by Crippen LogP contribution is 2.32. The molecular formula is C21H19BrF4N2O3. The fourth-order valence-corrected chi connectivity index (χ4v) is 3.48. The van der Waals surface area contributed by atoms with Crippen molar-refractivity contribution in [2.24, 2.45) is 0 Å². The predicted molar refractivity (Wildman–Crippen MR) is 109 cm³/mol. The Balaban J connectivity index is 1.79. The van der Waals surface area contributed by atoms with Crippen LogP contribution in [-0.2, 0) is 22.1 Å². The molecule has 166 valence electrons. The van der Waals surface area contributed by atoms with Gasteiger partial charge in [-0.15, -0.1) is 0 Å². The number of carbonyl (C=O) groups is 2. The van der Waals surface area contributed by atoms with Gasteiger partial charge in [-0.1, -0.05) is 22.0 Å². The molecule has 10 heteroatoms. The number of halogens is 5. The monoisotopic (exact) mass is 502 g/mol. The van der Waals surface area contributed by atoms with Crippen molar-refractivity contribution in [1.82, 2.24) is 5.32 Å². The van der Waals surface area contributed by atoms with Gasteiger partial charge in [-0.05, 0) is 48.7 Å². The lowest BCUT2D eigenvalue weighted by molar-refractivity contribution is -0.137. The maximum Gasteiger partial charge on any atom is 0.416 e. The summed E-state index contributed by atoms with van der Waals surface area (Å²) in [6.45, 7) is 0.920. The van der Waals surface area contributed by atoms with E-state index in [0.717, 1.165) is 12.1 Å². The molecule has 2 amide bonds. The standard InChI is InChI=1S/C21H19BrF4N2O3/c22-15-2-1-12(18(23)11-15)9-19(29)27-17-8-13(7-14(10-17)21(24,25)26)20(30)28-16-3-5-31-6-4-16/h1-2,7-8,10-11,16H,3-6,9H2,(H,27,29)(H,28,30). The third-order valence-electron chi connectivity index (χ3n) is 4.73. The molecule has 3 rings (SSSR count). The Kier molecular flexibility index (Phi) is 7.32. The van der Waals surface area contributed by atoms with E-state index in [-0.39, 0.29) is 29.3 Å². The molecule has 2 aromatic rings. The number of nitrogens with one attached hydrogen (secondary N) is 2. The molecule has 1 aliphatic rings. The molecule has 1 saturated heterocycles. The Morgan fingerprint density at radius 2 is 1.81 bits per heavy atom. The summed E-state index contributed by atoms with van der Waals surface area (Å²) in [5.74, 6) is -2.01. The third kappa shape index (κ3) is 6.51. The zero-order chi connectivity index (χ0) is 22.6. The van der Waals surface area contributed by atoms with Crippen LogP contribution in [0.2, 0.25) is 0 Å². The van der Waals surface area contributed by atoms with Crippen LogP contribution in [0.4, 0.5) is 23.2 Å². The Hall–Kier alpha value is -2.46. The average Bonchev–Trinajstić information content (AvgIpc) is 2.70. The van der Waals surface area contributed by atoms with Crippen LogP contribution in [0.25, 0.3) is 0 Å². The minimum atomic E-state index is -4.72. The first-order chi connectivity index (χ1) is 14.6. The molecule has 0 atom stereocenters. The van der Waals surface area contributed by atoms with Crippen molar-refractivity contribution >= 4 is 33.4 Å². The van der Waals surface area contributed by atoms with Crippen LogP contribution in [0.1, 0.15) is 34.3 Å². The highest BCUT2D eigenvalue weighted by atomic mass is 79.9. The van der Waals surface area contributed by atoms with Crippen LogP contribution in [0.5, 0.6) is 0 Å². The summed E-state index contributed by atoms with van der Waals surface area (Å²) in [5, 5.41) is 5.02. The van der Waals surface area contributed by atoms with E-state index in [9.17, 15) is 27.2 Å². The van der Waals surface area contributed by atoms with Crippen LogP contribution in [0.15, 0.2) is 40.9 Å². The molecule has 0 saturated carbocycles. The van der Waals surface area contributed by atoms with Crippen molar-refractivity contribution in [2.75, 3.05) is 18.5 Å². The Morgan fingerprint density at radius 3 is 2.45 bits per heavy atom. The minimum Gasteiger partial charge on any atom is -0.381 e. The second-order valence-corrected chi connectivity index (χ2v) is 8.03. The third-order valence-corrected chi connectivity index (χ3v) is 5.22. The fourth-order valence-electron chi connectivity index (χ4n) is 3.15. The molecule has 2 N–H and O–H groups in total. The number of anilines is 1. The van der Waals surface area contributed by atoms with Gasteiger partial charge in [-0.2, -0.15) is 13.2 Å². The molecule has 0 bridgehead atoms. The number of amides is 2. The summed E-state index contributed by atoms with van der Waals surface area (Å²) in [6.07, 6.45) is -3.97. The van der Waals surface area contributed by atoms with Crippen molar-refractivity contribution < 1.29 is 31.9 Å². The van der Waals surface area contributed by atoms with E-state index in [4.69, 9.17) is 4.74 Å². The number of rotatable bonds is 5. The van der Waals surface area contributed by atoms with Gasteiger partial charge < -0.3 is 15.4 Å². The number of benzene rings is 2. The number of alkyl halides is 3. The summed E-state index contributed by atoms with van der Waals surface area (Å²) >= 11 is 3.11. The molecule has 0 aliphatic carbocycles. The molecule has 0 spiro atoms. The first-order valence-corrected chi connectivity index (χ1v) is 10.3. The Morgan fingerprint density at radius 1 is 1.10 bits per heavy atom. The lowest BCUT2D eigenvalue weighted by atomic mass is 10.1. The summed E-state index contributed by atoms with van der Waals surface area (Å²) < 4.78 is 59.6. The molecule has 1 fully saturated rings. The summed E-state index contributed by atoms with van der Waals surface area (Å²) in [7, 11) is 0. The quantitative estimate of drug-likeness (QED) is 0.582. The highest BCUT2D eigenvalue weighted by molar-refractivity contribution is 9.10. The predicted octanol–water partition coefficient (Wildman–Crippen LogP) is 4.70. The zero-order valence-corrected chi connectivity index (χ0v) is 17.8. The summed E-state index contributed by atoms with van der Waals surface area (Å²) in [5.41, 5.74) is -1.41. The van der Waals surface area contributed by atoms with Crippen LogP contribution in [-0.4, -0.2) is 31.1 Å². The van der Waals surface area contributed by atoms with E-state index in [2.05, 4.69) is 26.6 Å². The van der Waals surface area contributed by atoms with E-state index in [0.29, 0.717) is 30.5 Å². The number of hydrogen-bond acceptors (Lipinski definition) is 3. The average molecular weight is 503 g/mol. The second-order valence-electron chi connectivity index (χ2n) is 7.12. The first-order valence-electron chi connectivity index (χ1n) is 9.46. The molecular weight excluding hydrogens is 484 g/mol. The fraction of sp³-hybridized carbons (Fsp3) is 0.333. The molecule has 0 unspecified atom stereocenters. The van der Waals surface area contributed by atoms with Crippen molar-refractivity contribution in [1.29, 1.82) is 0 Å². The van der Waals surface area contributed by atoms with Crippen LogP contribution < -0.4 is 10.6 Å². The first kappa shape index (κ1) is 23.2. The second kappa shape index (κ2) is 9.78. The topological polar surface area (TPSA) is 67.4 Å². The van der Waals surface area contributed by atoms with E-state index >= 15 is 0 Å². The van der Waals surface area contributed by atoms with Gasteiger partial charge in [0.15, 0.2) is 0 Å². The molecule has 5 nitrogen and oxygen atoms in total. The van der Waals surface area contributed by atoms with Gasteiger partial charge in [0.05, 0.1) is 12.0 Å². The SMILES string of the molecule is O=C(Cc1ccc(Br)cc1F)Nc1cc(C(=O)NC2CCOCC2)cc(C(F)(F)F)c1. The molecule has 2 aromatic carbocycles. The van der Waals surface area contributed by atoms with E-state index < -0.39 is 29.4 Å². The van der Waals surface area contributed by atoms with Gasteiger partial charge >= 0.3 is 6.18 Å². The van der Waals surface area contributed by atoms with E-state index in [1.54, 1.807) is 6.07 Å². The van der Waals surface area contributed by atoms with Crippen LogP contribution in [0.3, 0.4) is 0 Å². The lowest BCUT2D eigenvalue weighted by Gasteiger charge is -2.23. The maximum absolute atomic E-state index is 13.9. The maximum atomic E-state index is 13.9. The zero-order valence-electron chi connectivity index (χ0n) is 16.2. The highest BCUT2D eigenvalue weighted by Gasteiger charge is 2.32. The lowest BCUT2D eigenvalue weighted by Crippen LogP contribution is -2.39. The molecule has 0 radical (unpaired) electrons. The summed E-state index contributed by atoms with van der Waals surface area (Å²) in [4.78, 5) is 24.8. The van der Waals surface area contributed by atoms with Crippen molar-refractivity contribution in [3.05, 3.63) is 63.4 Å². The van der Waals surface area contributed by atoms with Crippen molar-refractivity contribution in [2.45, 2.75) is 31.5 Å². The molecule has 1 heterocycles. The smallest absolute Gasteiger partial charge is 0.381 e. The van der Waals surface area contributed by atoms with E-state index in [1.807, 2.05) is 0 Å². The number of carbonyl (C=O) groups excluding carboxylic acids is 2. The Bertz CT molecular complexity index is 976. The molecule has 1 aliphatic heterocycles. The van der Waals surface area contributed by atoms with Gasteiger partial charge in [-0.3, -0.25) is 9.59 Å². The Labute approximate surface area is 184 Å². The van der Waals surface area contributed by atoms with Gasteiger partial charge in [0.2, 0.25) is 5.91 Å². The molecule has 0 aromatic heterocycles. The van der Waals surface area contributed by atoms with E-state index in [1.165, 1.54) is 18.2 Å². The van der Waals surface area contributed by atoms with Crippen molar-refractivity contribution in [3.63, 3.8) is 0 Å². The van der Waals surface area contributed by atoms with Gasteiger partial charge in [0.25, 0.3) is 5.91 Å². The molecule has 31 heavy (non-hydrogen) atoms. The minimum absolute atomic E-state index is 0.0881.